The van der Waals surface area contributed by atoms with Crippen LogP contribution in [0.15, 0.2) is 47.5 Å². The van der Waals surface area contributed by atoms with Gasteiger partial charge in [0, 0.05) is 18.0 Å². The number of rotatable bonds is 1. The molecule has 4 nitrogen and oxygen atoms in total. The minimum absolute atomic E-state index is 0.168. The number of H-pyrrole nitrogens is 2. The van der Waals surface area contributed by atoms with E-state index in [-0.39, 0.29) is 5.56 Å². The molecule has 0 aliphatic rings. The monoisotopic (exact) mass is 211 g/mol. The molecular formula is C12H9N3O. The van der Waals surface area contributed by atoms with Crippen LogP contribution in [0.2, 0.25) is 0 Å². The zero-order valence-electron chi connectivity index (χ0n) is 8.40. The summed E-state index contributed by atoms with van der Waals surface area (Å²) in [4.78, 5) is 21.9. The van der Waals surface area contributed by atoms with Gasteiger partial charge in [0.2, 0.25) is 0 Å². The SMILES string of the molecule is O=c1[nH]c2ccccc2nc1-c1cc[nH]c1. The zero-order chi connectivity index (χ0) is 11.0. The minimum Gasteiger partial charge on any atom is -0.367 e. The molecule has 3 rings (SSSR count). The number of aromatic nitrogens is 3. The Morgan fingerprint density at radius 3 is 2.81 bits per heavy atom. The van der Waals surface area contributed by atoms with Crippen LogP contribution < -0.4 is 5.56 Å². The van der Waals surface area contributed by atoms with Gasteiger partial charge in [-0.25, -0.2) is 4.98 Å². The molecule has 0 saturated carbocycles. The number of hydrogen-bond donors (Lipinski definition) is 2. The molecule has 2 heterocycles. The first-order chi connectivity index (χ1) is 7.84. The number of aromatic amines is 2. The smallest absolute Gasteiger partial charge is 0.275 e. The van der Waals surface area contributed by atoms with E-state index in [9.17, 15) is 4.79 Å². The molecule has 2 aromatic heterocycles. The topological polar surface area (TPSA) is 61.5 Å². The van der Waals surface area contributed by atoms with E-state index in [0.29, 0.717) is 5.69 Å². The van der Waals surface area contributed by atoms with E-state index in [1.54, 1.807) is 12.4 Å². The Hall–Kier alpha value is -2.36. The molecule has 0 amide bonds. The fourth-order valence-electron chi connectivity index (χ4n) is 1.70. The van der Waals surface area contributed by atoms with Crippen LogP contribution in [0.1, 0.15) is 0 Å². The molecule has 2 N–H and O–H groups in total. The van der Waals surface area contributed by atoms with Crippen LogP contribution in [0.5, 0.6) is 0 Å². The lowest BCUT2D eigenvalue weighted by molar-refractivity contribution is 1.22. The van der Waals surface area contributed by atoms with E-state index in [1.165, 1.54) is 0 Å². The van der Waals surface area contributed by atoms with Crippen LogP contribution in [0.25, 0.3) is 22.3 Å². The predicted octanol–water partition coefficient (Wildman–Crippen LogP) is 1.92. The van der Waals surface area contributed by atoms with E-state index in [1.807, 2.05) is 30.3 Å². The Morgan fingerprint density at radius 2 is 2.00 bits per heavy atom. The lowest BCUT2D eigenvalue weighted by Gasteiger charge is -1.99. The predicted molar refractivity (Wildman–Crippen MR) is 62.2 cm³/mol. The molecule has 0 spiro atoms. The van der Waals surface area contributed by atoms with Crippen LogP contribution >= 0.6 is 0 Å². The number of fused-ring (bicyclic) bond motifs is 1. The molecule has 0 unspecified atom stereocenters. The highest BCUT2D eigenvalue weighted by Crippen LogP contribution is 2.14. The summed E-state index contributed by atoms with van der Waals surface area (Å²) in [6, 6.07) is 9.31. The lowest BCUT2D eigenvalue weighted by atomic mass is 10.2. The molecule has 3 aromatic rings. The summed E-state index contributed by atoms with van der Waals surface area (Å²) in [7, 11) is 0. The molecule has 4 heteroatoms. The van der Waals surface area contributed by atoms with E-state index in [4.69, 9.17) is 0 Å². The Bertz CT molecular complexity index is 683. The second-order valence-corrected chi connectivity index (χ2v) is 3.53. The summed E-state index contributed by atoms with van der Waals surface area (Å²) in [5.41, 5.74) is 2.62. The summed E-state index contributed by atoms with van der Waals surface area (Å²) >= 11 is 0. The second kappa shape index (κ2) is 3.34. The molecule has 0 bridgehead atoms. The number of nitrogens with zero attached hydrogens (tertiary/aromatic N) is 1. The maximum atomic E-state index is 11.8. The van der Waals surface area contributed by atoms with Gasteiger partial charge in [-0.15, -0.1) is 0 Å². The zero-order valence-corrected chi connectivity index (χ0v) is 8.40. The fourth-order valence-corrected chi connectivity index (χ4v) is 1.70. The Labute approximate surface area is 91.0 Å². The number of hydrogen-bond acceptors (Lipinski definition) is 2. The van der Waals surface area contributed by atoms with Crippen molar-refractivity contribution >= 4 is 11.0 Å². The van der Waals surface area contributed by atoms with Gasteiger partial charge in [-0.3, -0.25) is 4.79 Å². The standard InChI is InChI=1S/C12H9N3O/c16-12-11(8-5-6-13-7-8)14-9-3-1-2-4-10(9)15-12/h1-7,13H,(H,15,16). The number of para-hydroxylation sites is 2. The van der Waals surface area contributed by atoms with Crippen LogP contribution in [-0.2, 0) is 0 Å². The van der Waals surface area contributed by atoms with E-state index >= 15 is 0 Å². The van der Waals surface area contributed by atoms with Crippen molar-refractivity contribution in [2.24, 2.45) is 0 Å². The molecule has 16 heavy (non-hydrogen) atoms. The van der Waals surface area contributed by atoms with E-state index < -0.39 is 0 Å². The quantitative estimate of drug-likeness (QED) is 0.646. The van der Waals surface area contributed by atoms with Gasteiger partial charge < -0.3 is 9.97 Å². The molecule has 1 aromatic carbocycles. The van der Waals surface area contributed by atoms with Gasteiger partial charge in [0.05, 0.1) is 11.0 Å². The molecular weight excluding hydrogens is 202 g/mol. The normalized spacial score (nSPS) is 10.8. The third kappa shape index (κ3) is 1.32. The molecule has 78 valence electrons. The Kier molecular flexibility index (Phi) is 1.86. The van der Waals surface area contributed by atoms with Crippen molar-refractivity contribution in [3.63, 3.8) is 0 Å². The molecule has 0 atom stereocenters. The van der Waals surface area contributed by atoms with Crippen molar-refractivity contribution in [3.8, 4) is 11.3 Å². The molecule has 0 aliphatic carbocycles. The van der Waals surface area contributed by atoms with Crippen molar-refractivity contribution < 1.29 is 0 Å². The van der Waals surface area contributed by atoms with E-state index in [2.05, 4.69) is 15.0 Å². The summed E-state index contributed by atoms with van der Waals surface area (Å²) in [5, 5.41) is 0. The van der Waals surface area contributed by atoms with Gasteiger partial charge >= 0.3 is 0 Å². The maximum absolute atomic E-state index is 11.8. The second-order valence-electron chi connectivity index (χ2n) is 3.53. The van der Waals surface area contributed by atoms with Gasteiger partial charge in [0.15, 0.2) is 0 Å². The van der Waals surface area contributed by atoms with Gasteiger partial charge in [0.25, 0.3) is 5.56 Å². The Balaban J connectivity index is 2.34. The first-order valence-electron chi connectivity index (χ1n) is 4.97. The summed E-state index contributed by atoms with van der Waals surface area (Å²) in [6.07, 6.45) is 3.53. The third-order valence-electron chi connectivity index (χ3n) is 2.47. The van der Waals surface area contributed by atoms with Gasteiger partial charge in [-0.2, -0.15) is 0 Å². The highest BCUT2D eigenvalue weighted by molar-refractivity contribution is 5.76. The van der Waals surface area contributed by atoms with Crippen molar-refractivity contribution in [2.75, 3.05) is 0 Å². The summed E-state index contributed by atoms with van der Waals surface area (Å²) in [5.74, 6) is 0. The van der Waals surface area contributed by atoms with Gasteiger partial charge in [0.1, 0.15) is 5.69 Å². The molecule has 0 radical (unpaired) electrons. The van der Waals surface area contributed by atoms with Crippen molar-refractivity contribution in [1.29, 1.82) is 0 Å². The molecule has 0 fully saturated rings. The van der Waals surface area contributed by atoms with Crippen molar-refractivity contribution in [3.05, 3.63) is 53.1 Å². The number of nitrogens with one attached hydrogen (secondary N) is 2. The minimum atomic E-state index is -0.168. The first-order valence-corrected chi connectivity index (χ1v) is 4.97. The van der Waals surface area contributed by atoms with E-state index in [0.717, 1.165) is 16.6 Å². The highest BCUT2D eigenvalue weighted by atomic mass is 16.1. The Morgan fingerprint density at radius 1 is 1.12 bits per heavy atom. The number of benzene rings is 1. The average Bonchev–Trinajstić information content (AvgIpc) is 2.81. The summed E-state index contributed by atoms with van der Waals surface area (Å²) < 4.78 is 0. The third-order valence-corrected chi connectivity index (χ3v) is 2.47. The largest absolute Gasteiger partial charge is 0.367 e. The van der Waals surface area contributed by atoms with Crippen molar-refractivity contribution in [2.45, 2.75) is 0 Å². The van der Waals surface area contributed by atoms with Crippen LogP contribution in [-0.4, -0.2) is 15.0 Å². The van der Waals surface area contributed by atoms with Crippen molar-refractivity contribution in [1.82, 2.24) is 15.0 Å². The maximum Gasteiger partial charge on any atom is 0.275 e. The van der Waals surface area contributed by atoms with Crippen LogP contribution in [0, 0.1) is 0 Å². The summed E-state index contributed by atoms with van der Waals surface area (Å²) in [6.45, 7) is 0. The van der Waals surface area contributed by atoms with Gasteiger partial charge in [-0.05, 0) is 18.2 Å². The van der Waals surface area contributed by atoms with Gasteiger partial charge in [-0.1, -0.05) is 12.1 Å². The molecule has 0 saturated heterocycles. The lowest BCUT2D eigenvalue weighted by Crippen LogP contribution is -2.10. The highest BCUT2D eigenvalue weighted by Gasteiger charge is 2.06. The van der Waals surface area contributed by atoms with Crippen LogP contribution in [0.3, 0.4) is 0 Å². The first kappa shape index (κ1) is 8.91. The van der Waals surface area contributed by atoms with Crippen LogP contribution in [0.4, 0.5) is 0 Å². The average molecular weight is 211 g/mol. The fraction of sp³-hybridized carbons (Fsp3) is 0. The molecule has 0 aliphatic heterocycles.